The summed E-state index contributed by atoms with van der Waals surface area (Å²) in [5.41, 5.74) is 0.746. The van der Waals surface area contributed by atoms with Gasteiger partial charge in [-0.15, -0.1) is 0 Å². The van der Waals surface area contributed by atoms with Crippen LogP contribution < -0.4 is 0 Å². The van der Waals surface area contributed by atoms with Crippen LogP contribution in [-0.2, 0) is 9.47 Å². The molecule has 0 aliphatic carbocycles. The van der Waals surface area contributed by atoms with Crippen molar-refractivity contribution in [1.29, 1.82) is 0 Å². The average Bonchev–Trinajstić information content (AvgIpc) is 2.69. The third kappa shape index (κ3) is 11.4. The summed E-state index contributed by atoms with van der Waals surface area (Å²) >= 11 is 0. The van der Waals surface area contributed by atoms with E-state index >= 15 is 0 Å². The topological polar surface area (TPSA) is 52.6 Å². The maximum absolute atomic E-state index is 12.5. The van der Waals surface area contributed by atoms with Crippen molar-refractivity contribution in [3.05, 3.63) is 35.4 Å². The van der Waals surface area contributed by atoms with Crippen molar-refractivity contribution in [3.8, 4) is 0 Å². The molecule has 0 aliphatic heterocycles. The van der Waals surface area contributed by atoms with Crippen LogP contribution in [0.3, 0.4) is 0 Å². The molecule has 0 heterocycles. The van der Waals surface area contributed by atoms with Gasteiger partial charge in [0.15, 0.2) is 0 Å². The van der Waals surface area contributed by atoms with Gasteiger partial charge in [-0.3, -0.25) is 0 Å². The summed E-state index contributed by atoms with van der Waals surface area (Å²) in [4.78, 5) is 25.0. The minimum atomic E-state index is -0.463. The lowest BCUT2D eigenvalue weighted by Gasteiger charge is -2.23. The van der Waals surface area contributed by atoms with E-state index < -0.39 is 11.9 Å². The number of ether oxygens (including phenoxy) is 2. The highest BCUT2D eigenvalue weighted by atomic mass is 16.5. The van der Waals surface area contributed by atoms with Gasteiger partial charge in [-0.25, -0.2) is 9.59 Å². The summed E-state index contributed by atoms with van der Waals surface area (Å²) in [6, 6.07) is 6.74. The Morgan fingerprint density at radius 1 is 0.833 bits per heavy atom. The Kier molecular flexibility index (Phi) is 12.4. The van der Waals surface area contributed by atoms with Crippen molar-refractivity contribution in [3.63, 3.8) is 0 Å². The van der Waals surface area contributed by atoms with E-state index in [1.807, 2.05) is 0 Å². The summed E-state index contributed by atoms with van der Waals surface area (Å²) in [7, 11) is 0. The number of unbranched alkanes of at least 4 members (excludes halogenated alkanes) is 7. The molecule has 0 amide bonds. The molecule has 170 valence electrons. The van der Waals surface area contributed by atoms with E-state index in [1.165, 1.54) is 38.5 Å². The Balaban J connectivity index is 2.42. The molecule has 4 heteroatoms. The molecule has 1 aromatic rings. The van der Waals surface area contributed by atoms with Gasteiger partial charge in [0.05, 0.1) is 24.3 Å². The number of esters is 2. The predicted molar refractivity (Wildman–Crippen MR) is 123 cm³/mol. The van der Waals surface area contributed by atoms with Crippen molar-refractivity contribution in [1.82, 2.24) is 0 Å². The quantitative estimate of drug-likeness (QED) is 0.236. The van der Waals surface area contributed by atoms with E-state index in [-0.39, 0.29) is 22.5 Å². The smallest absolute Gasteiger partial charge is 0.339 e. The molecule has 0 saturated carbocycles. The lowest BCUT2D eigenvalue weighted by molar-refractivity contribution is 0.0399. The number of carbonyl (C=O) groups is 2. The molecule has 0 aliphatic rings. The fourth-order valence-electron chi connectivity index (χ4n) is 3.72. The predicted octanol–water partition coefficient (Wildman–Crippen LogP) is 7.21. The number of rotatable bonds is 14. The number of benzene rings is 1. The molecule has 1 unspecified atom stereocenters. The van der Waals surface area contributed by atoms with Crippen molar-refractivity contribution >= 4 is 11.9 Å². The van der Waals surface area contributed by atoms with E-state index in [9.17, 15) is 9.59 Å². The Bertz CT molecular complexity index is 630. The second-order valence-corrected chi connectivity index (χ2v) is 9.62. The number of hydrogen-bond donors (Lipinski definition) is 0. The zero-order chi connectivity index (χ0) is 22.4. The maximum Gasteiger partial charge on any atom is 0.339 e. The van der Waals surface area contributed by atoms with E-state index in [1.54, 1.807) is 24.3 Å². The second kappa shape index (κ2) is 14.2. The molecule has 0 bridgehead atoms. The fourth-order valence-corrected chi connectivity index (χ4v) is 3.72. The first-order chi connectivity index (χ1) is 14.2. The minimum Gasteiger partial charge on any atom is -0.462 e. The molecule has 0 saturated heterocycles. The summed E-state index contributed by atoms with van der Waals surface area (Å²) in [6.07, 6.45) is 10.5. The van der Waals surface area contributed by atoms with Gasteiger partial charge < -0.3 is 9.47 Å². The third-order valence-corrected chi connectivity index (χ3v) is 5.06. The fraction of sp³-hybridized carbons (Fsp3) is 0.692. The number of carbonyl (C=O) groups excluding carboxylic acids is 2. The van der Waals surface area contributed by atoms with Gasteiger partial charge in [0, 0.05) is 0 Å². The first kappa shape index (κ1) is 26.2. The van der Waals surface area contributed by atoms with Crippen LogP contribution in [0, 0.1) is 11.3 Å². The van der Waals surface area contributed by atoms with Gasteiger partial charge in [-0.1, -0.05) is 91.7 Å². The average molecular weight is 419 g/mol. The van der Waals surface area contributed by atoms with Crippen LogP contribution >= 0.6 is 0 Å². The normalized spacial score (nSPS) is 12.4. The van der Waals surface area contributed by atoms with Gasteiger partial charge in [0.1, 0.15) is 0 Å². The van der Waals surface area contributed by atoms with Crippen molar-refractivity contribution < 1.29 is 19.1 Å². The van der Waals surface area contributed by atoms with Gasteiger partial charge in [-0.05, 0) is 36.3 Å². The molecule has 0 spiro atoms. The molecule has 0 N–H and O–H groups in total. The second-order valence-electron chi connectivity index (χ2n) is 9.62. The Morgan fingerprint density at radius 2 is 1.33 bits per heavy atom. The Hall–Kier alpha value is -1.84. The molecule has 1 aromatic carbocycles. The van der Waals surface area contributed by atoms with Crippen molar-refractivity contribution in [2.24, 2.45) is 11.3 Å². The molecule has 0 radical (unpaired) electrons. The van der Waals surface area contributed by atoms with Crippen LogP contribution in [0.15, 0.2) is 24.3 Å². The first-order valence-electron chi connectivity index (χ1n) is 11.7. The SMILES string of the molecule is CCCCCCCCCCOC(=O)c1ccccc1C(=O)OCC(C)CC(C)(C)C. The van der Waals surface area contributed by atoms with E-state index in [0.29, 0.717) is 13.2 Å². The largest absolute Gasteiger partial charge is 0.462 e. The summed E-state index contributed by atoms with van der Waals surface area (Å²) in [5, 5.41) is 0. The van der Waals surface area contributed by atoms with E-state index in [0.717, 1.165) is 19.3 Å². The van der Waals surface area contributed by atoms with Crippen molar-refractivity contribution in [2.45, 2.75) is 92.4 Å². The third-order valence-electron chi connectivity index (χ3n) is 5.06. The molecule has 1 atom stereocenters. The summed E-state index contributed by atoms with van der Waals surface area (Å²) in [6.45, 7) is 11.5. The van der Waals surface area contributed by atoms with Crippen LogP contribution in [0.5, 0.6) is 0 Å². The first-order valence-corrected chi connectivity index (χ1v) is 11.7. The highest BCUT2D eigenvalue weighted by Crippen LogP contribution is 2.24. The molecular weight excluding hydrogens is 376 g/mol. The zero-order valence-electron chi connectivity index (χ0n) is 19.8. The maximum atomic E-state index is 12.5. The highest BCUT2D eigenvalue weighted by Gasteiger charge is 2.21. The molecular formula is C26H42O4. The van der Waals surface area contributed by atoms with Gasteiger partial charge in [0.2, 0.25) is 0 Å². The molecule has 0 fully saturated rings. The zero-order valence-corrected chi connectivity index (χ0v) is 19.8. The molecule has 4 nitrogen and oxygen atoms in total. The van der Waals surface area contributed by atoms with E-state index in [4.69, 9.17) is 9.47 Å². The lowest BCUT2D eigenvalue weighted by Crippen LogP contribution is -2.19. The molecule has 0 aromatic heterocycles. The van der Waals surface area contributed by atoms with Gasteiger partial charge in [0.25, 0.3) is 0 Å². The van der Waals surface area contributed by atoms with E-state index in [2.05, 4.69) is 34.6 Å². The minimum absolute atomic E-state index is 0.184. The van der Waals surface area contributed by atoms with Gasteiger partial charge >= 0.3 is 11.9 Å². The van der Waals surface area contributed by atoms with Gasteiger partial charge in [-0.2, -0.15) is 0 Å². The van der Waals surface area contributed by atoms with Crippen LogP contribution in [0.4, 0.5) is 0 Å². The highest BCUT2D eigenvalue weighted by molar-refractivity contribution is 6.03. The van der Waals surface area contributed by atoms with Crippen LogP contribution in [0.1, 0.15) is 113 Å². The molecule has 30 heavy (non-hydrogen) atoms. The monoisotopic (exact) mass is 418 g/mol. The Morgan fingerprint density at radius 3 is 1.87 bits per heavy atom. The van der Waals surface area contributed by atoms with Crippen LogP contribution in [0.25, 0.3) is 0 Å². The standard InChI is InChI=1S/C26H42O4/c1-6-7-8-9-10-11-12-15-18-29-24(27)22-16-13-14-17-23(22)25(28)30-20-21(2)19-26(3,4)5/h13-14,16-17,21H,6-12,15,18-20H2,1-5H3. The van der Waals surface area contributed by atoms with Crippen LogP contribution in [0.2, 0.25) is 0 Å². The van der Waals surface area contributed by atoms with Crippen LogP contribution in [-0.4, -0.2) is 25.2 Å². The number of hydrogen-bond acceptors (Lipinski definition) is 4. The summed E-state index contributed by atoms with van der Waals surface area (Å²) < 4.78 is 10.9. The van der Waals surface area contributed by atoms with Crippen molar-refractivity contribution in [2.75, 3.05) is 13.2 Å². The summed E-state index contributed by atoms with van der Waals surface area (Å²) in [5.74, 6) is -0.654. The molecule has 1 rings (SSSR count). The Labute approximate surface area is 183 Å². The lowest BCUT2D eigenvalue weighted by atomic mass is 9.86.